The second-order valence-corrected chi connectivity index (χ2v) is 6.16. The fourth-order valence-corrected chi connectivity index (χ4v) is 3.00. The fourth-order valence-electron chi connectivity index (χ4n) is 1.68. The van der Waals surface area contributed by atoms with Crippen LogP contribution in [0.5, 0.6) is 0 Å². The molecule has 0 rings (SSSR count). The molecule has 0 aromatic heterocycles. The summed E-state index contributed by atoms with van der Waals surface area (Å²) in [5, 5.41) is 11.7. The SMILES string of the molecule is CCCC(CC)SCC(NC(C)=O)C(=O)OC(C)C(=O)O. The van der Waals surface area contributed by atoms with Crippen LogP contribution in [0.3, 0.4) is 0 Å². The molecule has 0 aromatic rings. The molecule has 0 bridgehead atoms. The number of amides is 1. The molecule has 21 heavy (non-hydrogen) atoms. The summed E-state index contributed by atoms with van der Waals surface area (Å²) in [5.74, 6) is -1.89. The van der Waals surface area contributed by atoms with Crippen LogP contribution in [0.25, 0.3) is 0 Å². The predicted octanol–water partition coefficient (Wildman–Crippen LogP) is 1.82. The van der Waals surface area contributed by atoms with Crippen LogP contribution in [0.2, 0.25) is 0 Å². The highest BCUT2D eigenvalue weighted by atomic mass is 32.2. The van der Waals surface area contributed by atoms with Crippen molar-refractivity contribution < 1.29 is 24.2 Å². The normalized spacial score (nSPS) is 14.9. The highest BCUT2D eigenvalue weighted by Crippen LogP contribution is 2.20. The van der Waals surface area contributed by atoms with Gasteiger partial charge in [0.25, 0.3) is 0 Å². The molecule has 0 saturated carbocycles. The lowest BCUT2D eigenvalue weighted by atomic mass is 10.2. The van der Waals surface area contributed by atoms with Crippen LogP contribution in [-0.2, 0) is 19.1 Å². The Labute approximate surface area is 130 Å². The van der Waals surface area contributed by atoms with Crippen molar-refractivity contribution in [2.75, 3.05) is 5.75 Å². The lowest BCUT2D eigenvalue weighted by Crippen LogP contribution is -2.44. The first-order valence-electron chi connectivity index (χ1n) is 7.13. The first kappa shape index (κ1) is 19.8. The topological polar surface area (TPSA) is 92.7 Å². The Hall–Kier alpha value is -1.24. The number of hydrogen-bond acceptors (Lipinski definition) is 5. The summed E-state index contributed by atoms with van der Waals surface area (Å²) in [4.78, 5) is 33.8. The van der Waals surface area contributed by atoms with E-state index < -0.39 is 24.1 Å². The summed E-state index contributed by atoms with van der Waals surface area (Å²) in [5.41, 5.74) is 0. The molecule has 0 aliphatic rings. The molecule has 3 atom stereocenters. The van der Waals surface area contributed by atoms with E-state index in [-0.39, 0.29) is 5.91 Å². The van der Waals surface area contributed by atoms with Crippen LogP contribution in [-0.4, -0.2) is 46.1 Å². The minimum atomic E-state index is -1.23. The minimum Gasteiger partial charge on any atom is -0.479 e. The second-order valence-electron chi connectivity index (χ2n) is 4.82. The first-order valence-corrected chi connectivity index (χ1v) is 8.18. The number of carbonyl (C=O) groups is 3. The van der Waals surface area contributed by atoms with Crippen LogP contribution >= 0.6 is 11.8 Å². The molecule has 0 aliphatic carbocycles. The Morgan fingerprint density at radius 3 is 2.33 bits per heavy atom. The van der Waals surface area contributed by atoms with Gasteiger partial charge in [0, 0.05) is 17.9 Å². The molecule has 0 saturated heterocycles. The Bertz CT molecular complexity index is 361. The zero-order chi connectivity index (χ0) is 16.4. The third-order valence-electron chi connectivity index (χ3n) is 2.87. The number of rotatable bonds is 10. The second kappa shape index (κ2) is 10.5. The largest absolute Gasteiger partial charge is 0.479 e. The van der Waals surface area contributed by atoms with E-state index in [0.717, 1.165) is 19.3 Å². The van der Waals surface area contributed by atoms with Gasteiger partial charge in [-0.25, -0.2) is 9.59 Å². The van der Waals surface area contributed by atoms with Gasteiger partial charge in [0.1, 0.15) is 6.04 Å². The summed E-state index contributed by atoms with van der Waals surface area (Å²) < 4.78 is 4.83. The van der Waals surface area contributed by atoms with Crippen LogP contribution in [0, 0.1) is 0 Å². The van der Waals surface area contributed by atoms with Crippen molar-refractivity contribution in [3.8, 4) is 0 Å². The fraction of sp³-hybridized carbons (Fsp3) is 0.786. The maximum Gasteiger partial charge on any atom is 0.344 e. The monoisotopic (exact) mass is 319 g/mol. The van der Waals surface area contributed by atoms with E-state index in [2.05, 4.69) is 19.2 Å². The van der Waals surface area contributed by atoms with Gasteiger partial charge in [-0.05, 0) is 19.8 Å². The molecule has 3 unspecified atom stereocenters. The summed E-state index contributed by atoms with van der Waals surface area (Å²) in [6.07, 6.45) is 1.84. The average Bonchev–Trinajstić information content (AvgIpc) is 2.40. The van der Waals surface area contributed by atoms with Crippen molar-refractivity contribution in [1.29, 1.82) is 0 Å². The molecule has 0 fully saturated rings. The van der Waals surface area contributed by atoms with Gasteiger partial charge in [-0.1, -0.05) is 20.3 Å². The molecule has 1 amide bonds. The van der Waals surface area contributed by atoms with Crippen molar-refractivity contribution in [2.24, 2.45) is 0 Å². The number of carboxylic acids is 1. The van der Waals surface area contributed by atoms with E-state index in [1.54, 1.807) is 11.8 Å². The van der Waals surface area contributed by atoms with Crippen molar-refractivity contribution in [3.05, 3.63) is 0 Å². The Kier molecular flexibility index (Phi) is 9.86. The van der Waals surface area contributed by atoms with E-state index in [0.29, 0.717) is 11.0 Å². The summed E-state index contributed by atoms with van der Waals surface area (Å²) in [6, 6.07) is -0.819. The number of nitrogens with one attached hydrogen (secondary N) is 1. The van der Waals surface area contributed by atoms with Gasteiger partial charge in [-0.2, -0.15) is 11.8 Å². The molecule has 122 valence electrons. The van der Waals surface area contributed by atoms with E-state index >= 15 is 0 Å². The number of carboxylic acid groups (broad SMARTS) is 1. The Morgan fingerprint density at radius 2 is 1.90 bits per heavy atom. The highest BCUT2D eigenvalue weighted by Gasteiger charge is 2.26. The number of aliphatic carboxylic acids is 1. The molecule has 6 nitrogen and oxygen atoms in total. The lowest BCUT2D eigenvalue weighted by Gasteiger charge is -2.20. The quantitative estimate of drug-likeness (QED) is 0.597. The van der Waals surface area contributed by atoms with E-state index in [4.69, 9.17) is 9.84 Å². The van der Waals surface area contributed by atoms with Gasteiger partial charge in [0.2, 0.25) is 5.91 Å². The Balaban J connectivity index is 4.59. The van der Waals surface area contributed by atoms with Crippen molar-refractivity contribution in [2.45, 2.75) is 64.4 Å². The van der Waals surface area contributed by atoms with E-state index in [1.165, 1.54) is 13.8 Å². The third-order valence-corrected chi connectivity index (χ3v) is 4.43. The van der Waals surface area contributed by atoms with Crippen LogP contribution in [0.1, 0.15) is 47.0 Å². The van der Waals surface area contributed by atoms with Crippen molar-refractivity contribution in [3.63, 3.8) is 0 Å². The molecule has 0 aromatic carbocycles. The lowest BCUT2D eigenvalue weighted by molar-refractivity contribution is -0.164. The molecular formula is C14H25NO5S. The van der Waals surface area contributed by atoms with Crippen molar-refractivity contribution in [1.82, 2.24) is 5.32 Å². The zero-order valence-corrected chi connectivity index (χ0v) is 13.9. The molecule has 2 N–H and O–H groups in total. The van der Waals surface area contributed by atoms with Gasteiger partial charge in [-0.3, -0.25) is 4.79 Å². The highest BCUT2D eigenvalue weighted by molar-refractivity contribution is 7.99. The number of esters is 1. The van der Waals surface area contributed by atoms with Gasteiger partial charge in [-0.15, -0.1) is 0 Å². The molecule has 0 radical (unpaired) electrons. The third kappa shape index (κ3) is 8.60. The average molecular weight is 319 g/mol. The van der Waals surface area contributed by atoms with Crippen LogP contribution < -0.4 is 5.32 Å². The number of carbonyl (C=O) groups excluding carboxylic acids is 2. The maximum atomic E-state index is 11.9. The summed E-state index contributed by atoms with van der Waals surface area (Å²) >= 11 is 1.60. The van der Waals surface area contributed by atoms with E-state index in [9.17, 15) is 14.4 Å². The molecule has 7 heteroatoms. The van der Waals surface area contributed by atoms with Gasteiger partial charge >= 0.3 is 11.9 Å². The zero-order valence-electron chi connectivity index (χ0n) is 13.0. The minimum absolute atomic E-state index is 0.343. The number of hydrogen-bond donors (Lipinski definition) is 2. The molecular weight excluding hydrogens is 294 g/mol. The van der Waals surface area contributed by atoms with Gasteiger partial charge in [0.05, 0.1) is 0 Å². The van der Waals surface area contributed by atoms with Crippen LogP contribution in [0.4, 0.5) is 0 Å². The smallest absolute Gasteiger partial charge is 0.344 e. The van der Waals surface area contributed by atoms with Crippen molar-refractivity contribution >= 4 is 29.6 Å². The van der Waals surface area contributed by atoms with E-state index in [1.807, 2.05) is 0 Å². The first-order chi connectivity index (χ1) is 9.81. The summed E-state index contributed by atoms with van der Waals surface area (Å²) in [6.45, 7) is 6.77. The number of thioether (sulfide) groups is 1. The Morgan fingerprint density at radius 1 is 1.29 bits per heavy atom. The number of ether oxygens (including phenoxy) is 1. The summed E-state index contributed by atoms with van der Waals surface area (Å²) in [7, 11) is 0. The molecule has 0 heterocycles. The standard InChI is InChI=1S/C14H25NO5S/c1-5-7-11(6-2)21-8-12(15-10(4)16)14(19)20-9(3)13(17)18/h9,11-12H,5-8H2,1-4H3,(H,15,16)(H,17,18). The van der Waals surface area contributed by atoms with Gasteiger partial charge in [0.15, 0.2) is 6.10 Å². The predicted molar refractivity (Wildman–Crippen MR) is 82.2 cm³/mol. The molecule has 0 spiro atoms. The maximum absolute atomic E-state index is 11.9. The molecule has 0 aliphatic heterocycles. The van der Waals surface area contributed by atoms with Crippen LogP contribution in [0.15, 0.2) is 0 Å². The van der Waals surface area contributed by atoms with Gasteiger partial charge < -0.3 is 15.2 Å².